The van der Waals surface area contributed by atoms with Gasteiger partial charge in [-0.3, -0.25) is 0 Å². The molecule has 0 aliphatic rings. The molecule has 2 N–H and O–H groups in total. The van der Waals surface area contributed by atoms with Crippen molar-refractivity contribution in [1.82, 2.24) is 19.9 Å². The van der Waals surface area contributed by atoms with Crippen LogP contribution in [0.25, 0.3) is 22.4 Å². The van der Waals surface area contributed by atoms with Crippen LogP contribution in [0.3, 0.4) is 0 Å². The molecule has 4 aromatic rings. The molecular formula is C21H21N5. The minimum atomic E-state index is 0.313. The van der Waals surface area contributed by atoms with E-state index in [-0.39, 0.29) is 0 Å². The molecule has 0 fully saturated rings. The first-order valence-electron chi connectivity index (χ1n) is 8.75. The van der Waals surface area contributed by atoms with E-state index in [0.29, 0.717) is 5.92 Å². The second kappa shape index (κ2) is 6.59. The summed E-state index contributed by atoms with van der Waals surface area (Å²) in [6.45, 7) is 6.37. The summed E-state index contributed by atoms with van der Waals surface area (Å²) < 4.78 is 0. The van der Waals surface area contributed by atoms with E-state index in [9.17, 15) is 0 Å². The molecule has 26 heavy (non-hydrogen) atoms. The van der Waals surface area contributed by atoms with Crippen molar-refractivity contribution in [2.45, 2.75) is 26.7 Å². The Morgan fingerprint density at radius 2 is 1.81 bits per heavy atom. The van der Waals surface area contributed by atoms with Gasteiger partial charge in [-0.1, -0.05) is 43.7 Å². The van der Waals surface area contributed by atoms with E-state index >= 15 is 0 Å². The zero-order valence-electron chi connectivity index (χ0n) is 15.1. The van der Waals surface area contributed by atoms with Crippen LogP contribution >= 0.6 is 0 Å². The molecule has 0 spiro atoms. The van der Waals surface area contributed by atoms with Gasteiger partial charge in [0.2, 0.25) is 0 Å². The predicted octanol–water partition coefficient (Wildman–Crippen LogP) is 5.20. The lowest BCUT2D eigenvalue weighted by molar-refractivity contribution is 0.851. The quantitative estimate of drug-likeness (QED) is 0.535. The summed E-state index contributed by atoms with van der Waals surface area (Å²) in [5, 5.41) is 4.53. The number of aromatic nitrogens is 4. The third-order valence-corrected chi connectivity index (χ3v) is 4.46. The number of anilines is 2. The van der Waals surface area contributed by atoms with Crippen molar-refractivity contribution in [3.05, 3.63) is 66.1 Å². The van der Waals surface area contributed by atoms with Crippen molar-refractivity contribution in [2.75, 3.05) is 5.32 Å². The van der Waals surface area contributed by atoms with Gasteiger partial charge in [0.25, 0.3) is 0 Å². The third kappa shape index (κ3) is 3.04. The number of rotatable bonds is 4. The lowest BCUT2D eigenvalue weighted by Gasteiger charge is -2.15. The normalized spacial score (nSPS) is 11.2. The van der Waals surface area contributed by atoms with Crippen LogP contribution in [-0.4, -0.2) is 19.9 Å². The second-order valence-electron chi connectivity index (χ2n) is 6.74. The van der Waals surface area contributed by atoms with Crippen LogP contribution in [-0.2, 0) is 0 Å². The topological polar surface area (TPSA) is 66.5 Å². The number of aryl methyl sites for hydroxylation is 1. The van der Waals surface area contributed by atoms with Crippen LogP contribution in [0.5, 0.6) is 0 Å². The fraction of sp³-hybridized carbons (Fsp3) is 0.190. The first-order valence-corrected chi connectivity index (χ1v) is 8.75. The average Bonchev–Trinajstić information content (AvgIpc) is 3.12. The van der Waals surface area contributed by atoms with E-state index < -0.39 is 0 Å². The highest BCUT2D eigenvalue weighted by Crippen LogP contribution is 2.30. The van der Waals surface area contributed by atoms with Gasteiger partial charge in [0.05, 0.1) is 5.69 Å². The fourth-order valence-electron chi connectivity index (χ4n) is 2.95. The predicted molar refractivity (Wildman–Crippen MR) is 106 cm³/mol. The Labute approximate surface area is 152 Å². The smallest absolute Gasteiger partial charge is 0.161 e. The minimum absolute atomic E-state index is 0.313. The van der Waals surface area contributed by atoms with Gasteiger partial charge in [0.1, 0.15) is 11.5 Å². The summed E-state index contributed by atoms with van der Waals surface area (Å²) in [4.78, 5) is 16.9. The highest BCUT2D eigenvalue weighted by atomic mass is 15.0. The van der Waals surface area contributed by atoms with Crippen LogP contribution in [0.4, 0.5) is 11.5 Å². The first kappa shape index (κ1) is 16.3. The maximum atomic E-state index is 4.83. The zero-order valence-corrected chi connectivity index (χ0v) is 15.1. The number of nitrogens with zero attached hydrogens (tertiary/aromatic N) is 3. The number of hydrogen-bond donors (Lipinski definition) is 2. The summed E-state index contributed by atoms with van der Waals surface area (Å²) in [7, 11) is 0. The van der Waals surface area contributed by atoms with Crippen LogP contribution < -0.4 is 5.32 Å². The van der Waals surface area contributed by atoms with Crippen LogP contribution in [0.15, 0.2) is 55.0 Å². The molecule has 5 heteroatoms. The van der Waals surface area contributed by atoms with Crippen molar-refractivity contribution in [1.29, 1.82) is 0 Å². The monoisotopic (exact) mass is 343 g/mol. The molecule has 0 amide bonds. The highest BCUT2D eigenvalue weighted by Gasteiger charge is 2.13. The SMILES string of the molecule is Cc1ccc(-c2ncc(C(C)C)c(Nc3ccnc4[nH]ccc34)n2)cc1. The van der Waals surface area contributed by atoms with Gasteiger partial charge in [-0.2, -0.15) is 0 Å². The summed E-state index contributed by atoms with van der Waals surface area (Å²) >= 11 is 0. The molecule has 4 rings (SSSR count). The van der Waals surface area contributed by atoms with Crippen molar-refractivity contribution in [3.8, 4) is 11.4 Å². The van der Waals surface area contributed by atoms with Gasteiger partial charge in [0.15, 0.2) is 5.82 Å². The number of aromatic amines is 1. The highest BCUT2D eigenvalue weighted by molar-refractivity contribution is 5.91. The van der Waals surface area contributed by atoms with Crippen molar-refractivity contribution >= 4 is 22.5 Å². The van der Waals surface area contributed by atoms with Gasteiger partial charge in [-0.15, -0.1) is 0 Å². The van der Waals surface area contributed by atoms with Gasteiger partial charge in [0, 0.05) is 35.1 Å². The molecule has 3 heterocycles. The Morgan fingerprint density at radius 1 is 1.00 bits per heavy atom. The molecule has 0 aliphatic heterocycles. The maximum Gasteiger partial charge on any atom is 0.161 e. The number of benzene rings is 1. The second-order valence-corrected chi connectivity index (χ2v) is 6.74. The molecule has 0 aliphatic carbocycles. The Bertz CT molecular complexity index is 1050. The van der Waals surface area contributed by atoms with Gasteiger partial charge < -0.3 is 10.3 Å². The molecule has 3 aromatic heterocycles. The molecular weight excluding hydrogens is 322 g/mol. The Kier molecular flexibility index (Phi) is 4.13. The van der Waals surface area contributed by atoms with Gasteiger partial charge >= 0.3 is 0 Å². The summed E-state index contributed by atoms with van der Waals surface area (Å²) in [5.74, 6) is 1.86. The van der Waals surface area contributed by atoms with Crippen molar-refractivity contribution < 1.29 is 0 Å². The summed E-state index contributed by atoms with van der Waals surface area (Å²) in [6, 6.07) is 12.2. The Balaban J connectivity index is 1.79. The summed E-state index contributed by atoms with van der Waals surface area (Å²) in [6.07, 6.45) is 5.60. The average molecular weight is 343 g/mol. The molecule has 5 nitrogen and oxygen atoms in total. The largest absolute Gasteiger partial charge is 0.346 e. The number of pyridine rings is 1. The lowest BCUT2D eigenvalue weighted by atomic mass is 10.1. The lowest BCUT2D eigenvalue weighted by Crippen LogP contribution is -2.04. The molecule has 0 saturated carbocycles. The Morgan fingerprint density at radius 3 is 2.58 bits per heavy atom. The van der Waals surface area contributed by atoms with E-state index in [0.717, 1.165) is 39.5 Å². The third-order valence-electron chi connectivity index (χ3n) is 4.46. The molecule has 0 atom stereocenters. The molecule has 0 radical (unpaired) electrons. The summed E-state index contributed by atoms with van der Waals surface area (Å²) in [5.41, 5.74) is 5.15. The van der Waals surface area contributed by atoms with Crippen LogP contribution in [0.2, 0.25) is 0 Å². The fourth-order valence-corrected chi connectivity index (χ4v) is 2.95. The van der Waals surface area contributed by atoms with Gasteiger partial charge in [-0.25, -0.2) is 15.0 Å². The molecule has 0 bridgehead atoms. The van der Waals surface area contributed by atoms with Gasteiger partial charge in [-0.05, 0) is 25.0 Å². The number of hydrogen-bond acceptors (Lipinski definition) is 4. The van der Waals surface area contributed by atoms with E-state index in [2.05, 4.69) is 65.3 Å². The number of fused-ring (bicyclic) bond motifs is 1. The van der Waals surface area contributed by atoms with Crippen molar-refractivity contribution in [2.24, 2.45) is 0 Å². The minimum Gasteiger partial charge on any atom is -0.346 e. The number of H-pyrrole nitrogens is 1. The standard InChI is InChI=1S/C21H21N5/c1-13(2)17-12-24-19(15-6-4-14(3)5-7-15)26-21(17)25-18-9-11-23-20-16(18)8-10-22-20/h4-13H,1-3H3,(H2,22,23,24,25,26). The van der Waals surface area contributed by atoms with E-state index in [4.69, 9.17) is 4.98 Å². The van der Waals surface area contributed by atoms with E-state index in [1.807, 2.05) is 24.5 Å². The van der Waals surface area contributed by atoms with Crippen LogP contribution in [0.1, 0.15) is 30.9 Å². The molecule has 0 unspecified atom stereocenters. The Hall–Kier alpha value is -3.21. The maximum absolute atomic E-state index is 4.83. The van der Waals surface area contributed by atoms with E-state index in [1.54, 1.807) is 6.20 Å². The van der Waals surface area contributed by atoms with E-state index in [1.165, 1.54) is 5.56 Å². The molecule has 130 valence electrons. The first-order chi connectivity index (χ1) is 12.6. The molecule has 0 saturated heterocycles. The van der Waals surface area contributed by atoms with Crippen molar-refractivity contribution in [3.63, 3.8) is 0 Å². The van der Waals surface area contributed by atoms with Crippen LogP contribution in [0, 0.1) is 6.92 Å². The number of nitrogens with one attached hydrogen (secondary N) is 2. The molecule has 1 aromatic carbocycles. The zero-order chi connectivity index (χ0) is 18.1.